The maximum Gasteiger partial charge on any atom is 0.446 e. The number of piperazine rings is 1. The van der Waals surface area contributed by atoms with E-state index >= 15 is 0 Å². The maximum absolute atomic E-state index is 12.3. The number of thioether (sulfide) groups is 1. The van der Waals surface area contributed by atoms with Crippen molar-refractivity contribution in [3.8, 4) is 0 Å². The van der Waals surface area contributed by atoms with Gasteiger partial charge in [-0.05, 0) is 66.8 Å². The number of hydrogen-bond acceptors (Lipinski definition) is 4. The molecule has 2 aromatic rings. The third kappa shape index (κ3) is 6.83. The van der Waals surface area contributed by atoms with Crippen LogP contribution in [0.15, 0.2) is 59.5 Å². The van der Waals surface area contributed by atoms with Gasteiger partial charge in [0.1, 0.15) is 0 Å². The Kier molecular flexibility index (Phi) is 6.87. The van der Waals surface area contributed by atoms with E-state index in [9.17, 15) is 18.0 Å². The number of rotatable bonds is 5. The molecule has 4 nitrogen and oxygen atoms in total. The van der Waals surface area contributed by atoms with E-state index in [0.29, 0.717) is 11.3 Å². The Labute approximate surface area is 172 Å². The van der Waals surface area contributed by atoms with Crippen molar-refractivity contribution in [1.29, 1.82) is 0 Å². The van der Waals surface area contributed by atoms with Crippen LogP contribution in [0.5, 0.6) is 0 Å². The van der Waals surface area contributed by atoms with E-state index in [4.69, 9.17) is 0 Å². The van der Waals surface area contributed by atoms with Gasteiger partial charge in [-0.3, -0.25) is 4.79 Å². The fraction of sp³-hybridized carbons (Fsp3) is 0.286. The molecule has 1 saturated heterocycles. The van der Waals surface area contributed by atoms with Crippen molar-refractivity contribution in [2.75, 3.05) is 43.4 Å². The first-order chi connectivity index (χ1) is 13.8. The third-order valence-corrected chi connectivity index (χ3v) is 5.28. The average molecular weight is 421 g/mol. The van der Waals surface area contributed by atoms with E-state index in [1.165, 1.54) is 18.2 Å². The van der Waals surface area contributed by atoms with Crippen LogP contribution in [0.4, 0.5) is 24.5 Å². The number of amides is 1. The zero-order valence-electron chi connectivity index (χ0n) is 15.9. The summed E-state index contributed by atoms with van der Waals surface area (Å²) in [6.45, 7) is 4.01. The summed E-state index contributed by atoms with van der Waals surface area (Å²) in [6, 6.07) is 13.6. The van der Waals surface area contributed by atoms with Crippen molar-refractivity contribution in [1.82, 2.24) is 4.90 Å². The molecule has 0 radical (unpaired) electrons. The number of halogens is 3. The zero-order valence-corrected chi connectivity index (χ0v) is 16.8. The number of carbonyl (C=O) groups excluding carboxylic acids is 1. The number of alkyl halides is 3. The topological polar surface area (TPSA) is 35.6 Å². The van der Waals surface area contributed by atoms with Crippen LogP contribution < -0.4 is 10.2 Å². The van der Waals surface area contributed by atoms with Gasteiger partial charge in [-0.15, -0.1) is 0 Å². The van der Waals surface area contributed by atoms with Crippen molar-refractivity contribution >= 4 is 35.1 Å². The maximum atomic E-state index is 12.3. The molecule has 0 spiro atoms. The molecule has 0 unspecified atom stereocenters. The van der Waals surface area contributed by atoms with Crippen molar-refractivity contribution < 1.29 is 18.0 Å². The lowest BCUT2D eigenvalue weighted by Crippen LogP contribution is -2.44. The molecule has 1 heterocycles. The van der Waals surface area contributed by atoms with Crippen LogP contribution in [0.2, 0.25) is 0 Å². The zero-order chi connectivity index (χ0) is 20.9. The Bertz CT molecular complexity index is 843. The summed E-state index contributed by atoms with van der Waals surface area (Å²) < 4.78 is 37.0. The van der Waals surface area contributed by atoms with Gasteiger partial charge in [-0.25, -0.2) is 0 Å². The van der Waals surface area contributed by atoms with Crippen molar-refractivity contribution in [2.45, 2.75) is 10.4 Å². The molecule has 1 aliphatic rings. The van der Waals surface area contributed by atoms with Gasteiger partial charge >= 0.3 is 5.51 Å². The molecule has 3 rings (SSSR count). The largest absolute Gasteiger partial charge is 0.446 e. The van der Waals surface area contributed by atoms with E-state index in [1.807, 2.05) is 24.3 Å². The number of likely N-dealkylation sites (N-methyl/N-ethyl adjacent to an activating group) is 1. The standard InChI is InChI=1S/C21H22F3N3OS/c1-26-12-14-27(15-13-26)18-7-5-17(6-8-18)25-20(28)11-4-16-2-9-19(10-3-16)29-21(22,23)24/h2-11H,12-15H2,1H3,(H,25,28)/b11-4+. The molecule has 2 aromatic carbocycles. The molecular formula is C21H22F3N3OS. The van der Waals surface area contributed by atoms with E-state index in [1.54, 1.807) is 18.2 Å². The van der Waals surface area contributed by atoms with Crippen molar-refractivity contribution in [3.05, 3.63) is 60.2 Å². The van der Waals surface area contributed by atoms with Crippen LogP contribution in [0.25, 0.3) is 6.08 Å². The summed E-state index contributed by atoms with van der Waals surface area (Å²) in [5.41, 5.74) is -1.84. The summed E-state index contributed by atoms with van der Waals surface area (Å²) in [5, 5.41) is 2.79. The highest BCUT2D eigenvalue weighted by molar-refractivity contribution is 8.00. The Balaban J connectivity index is 1.52. The molecule has 0 aromatic heterocycles. The van der Waals surface area contributed by atoms with Crippen molar-refractivity contribution in [3.63, 3.8) is 0 Å². The van der Waals surface area contributed by atoms with Gasteiger partial charge in [0.2, 0.25) is 5.91 Å². The second kappa shape index (κ2) is 9.37. The van der Waals surface area contributed by atoms with E-state index in [-0.39, 0.29) is 22.6 Å². The Morgan fingerprint density at radius 1 is 1.00 bits per heavy atom. The van der Waals surface area contributed by atoms with Gasteiger partial charge in [-0.2, -0.15) is 13.2 Å². The first kappa shape index (κ1) is 21.3. The molecule has 0 atom stereocenters. The number of nitrogens with one attached hydrogen (secondary N) is 1. The summed E-state index contributed by atoms with van der Waals surface area (Å²) in [5.74, 6) is -0.300. The van der Waals surface area contributed by atoms with Gasteiger partial charge in [-0.1, -0.05) is 12.1 Å². The molecule has 154 valence electrons. The molecule has 1 N–H and O–H groups in total. The van der Waals surface area contributed by atoms with Crippen LogP contribution in [-0.2, 0) is 4.79 Å². The normalized spacial score (nSPS) is 15.7. The number of carbonyl (C=O) groups is 1. The fourth-order valence-electron chi connectivity index (χ4n) is 2.96. The smallest absolute Gasteiger partial charge is 0.369 e. The van der Waals surface area contributed by atoms with Crippen LogP contribution in [0.1, 0.15) is 5.56 Å². The minimum absolute atomic E-state index is 0.111. The quantitative estimate of drug-likeness (QED) is 0.561. The number of hydrogen-bond donors (Lipinski definition) is 1. The van der Waals surface area contributed by atoms with Gasteiger partial charge in [0.05, 0.1) is 0 Å². The Hall–Kier alpha value is -2.45. The van der Waals surface area contributed by atoms with Crippen molar-refractivity contribution in [2.24, 2.45) is 0 Å². The Morgan fingerprint density at radius 2 is 1.62 bits per heavy atom. The van der Waals surface area contributed by atoms with Gasteiger partial charge in [0.15, 0.2) is 0 Å². The van der Waals surface area contributed by atoms with Crippen LogP contribution in [0, 0.1) is 0 Å². The minimum atomic E-state index is -4.31. The van der Waals surface area contributed by atoms with Crippen LogP contribution in [-0.4, -0.2) is 49.5 Å². The molecule has 1 aliphatic heterocycles. The summed E-state index contributed by atoms with van der Waals surface area (Å²) in [4.78, 5) is 16.8. The molecule has 8 heteroatoms. The monoisotopic (exact) mass is 421 g/mol. The third-order valence-electron chi connectivity index (χ3n) is 4.54. The van der Waals surface area contributed by atoms with Crippen LogP contribution >= 0.6 is 11.8 Å². The fourth-order valence-corrected chi connectivity index (χ4v) is 3.50. The predicted octanol–water partition coefficient (Wildman–Crippen LogP) is 4.70. The lowest BCUT2D eigenvalue weighted by Gasteiger charge is -2.34. The molecule has 1 fully saturated rings. The second-order valence-electron chi connectivity index (χ2n) is 6.78. The highest BCUT2D eigenvalue weighted by Gasteiger charge is 2.28. The lowest BCUT2D eigenvalue weighted by atomic mass is 10.2. The lowest BCUT2D eigenvalue weighted by molar-refractivity contribution is -0.111. The molecular weight excluding hydrogens is 399 g/mol. The SMILES string of the molecule is CN1CCN(c2ccc(NC(=O)/C=C/c3ccc(SC(F)(F)F)cc3)cc2)CC1. The van der Waals surface area contributed by atoms with Gasteiger partial charge in [0.25, 0.3) is 0 Å². The minimum Gasteiger partial charge on any atom is -0.369 e. The van der Waals surface area contributed by atoms with E-state index < -0.39 is 5.51 Å². The number of nitrogens with zero attached hydrogens (tertiary/aromatic N) is 2. The predicted molar refractivity (Wildman–Crippen MR) is 112 cm³/mol. The average Bonchev–Trinajstić information content (AvgIpc) is 2.68. The van der Waals surface area contributed by atoms with Crippen LogP contribution in [0.3, 0.4) is 0 Å². The van der Waals surface area contributed by atoms with E-state index in [0.717, 1.165) is 31.9 Å². The van der Waals surface area contributed by atoms with Gasteiger partial charge < -0.3 is 15.1 Å². The highest BCUT2D eigenvalue weighted by Crippen LogP contribution is 2.36. The molecule has 0 bridgehead atoms. The summed E-state index contributed by atoms with van der Waals surface area (Å²) in [7, 11) is 2.11. The molecule has 0 aliphatic carbocycles. The number of anilines is 2. The molecule has 0 saturated carbocycles. The Morgan fingerprint density at radius 3 is 2.21 bits per heavy atom. The van der Waals surface area contributed by atoms with Gasteiger partial charge in [0, 0.05) is 48.5 Å². The highest BCUT2D eigenvalue weighted by atomic mass is 32.2. The number of benzene rings is 2. The first-order valence-corrected chi connectivity index (χ1v) is 9.98. The second-order valence-corrected chi connectivity index (χ2v) is 7.92. The first-order valence-electron chi connectivity index (χ1n) is 9.17. The summed E-state index contributed by atoms with van der Waals surface area (Å²) in [6.07, 6.45) is 2.93. The molecule has 29 heavy (non-hydrogen) atoms. The van der Waals surface area contributed by atoms with E-state index in [2.05, 4.69) is 22.2 Å². The molecule has 1 amide bonds. The summed E-state index contributed by atoms with van der Waals surface area (Å²) >= 11 is -0.162.